The van der Waals surface area contributed by atoms with Crippen LogP contribution in [0.25, 0.3) is 0 Å². The van der Waals surface area contributed by atoms with Gasteiger partial charge >= 0.3 is 7.32 Å². The molecule has 10 heteroatoms. The highest BCUT2D eigenvalue weighted by Gasteiger charge is 1.92. The average molecular weight is 395 g/mol. The van der Waals surface area contributed by atoms with E-state index in [9.17, 15) is 13.2 Å². The van der Waals surface area contributed by atoms with E-state index in [0.717, 1.165) is 0 Å². The molecule has 0 heterocycles. The Morgan fingerprint density at radius 2 is 0.607 bits per heavy atom. The fourth-order valence-corrected chi connectivity index (χ4v) is 1.39. The molecule has 0 aromatic heterocycles. The number of benzene rings is 3. The van der Waals surface area contributed by atoms with Crippen LogP contribution in [0.15, 0.2) is 72.8 Å². The lowest BCUT2D eigenvalue weighted by Gasteiger charge is -1.87. The van der Waals surface area contributed by atoms with Crippen LogP contribution in [0.3, 0.4) is 0 Å². The van der Waals surface area contributed by atoms with Gasteiger partial charge in [0.25, 0.3) is 0 Å². The summed E-state index contributed by atoms with van der Waals surface area (Å²) in [5.41, 5.74) is 17.5. The number of nitrogen functional groups attached to an aromatic ring is 3. The zero-order chi connectivity index (χ0) is 21.5. The van der Waals surface area contributed by atoms with E-state index in [1.165, 1.54) is 72.8 Å². The molecule has 3 aromatic rings. The van der Waals surface area contributed by atoms with E-state index >= 15 is 0 Å². The van der Waals surface area contributed by atoms with Gasteiger partial charge in [0.05, 0.1) is 0 Å². The number of hydrogen-bond acceptors (Lipinski definition) is 6. The summed E-state index contributed by atoms with van der Waals surface area (Å²) < 4.78 is 36.1. The SMILES string of the molecule is Nc1ccc(F)cc1.Nc1ccc(F)cc1.Nc1ccc(F)cc1.OB(O)O. The van der Waals surface area contributed by atoms with Crippen LogP contribution in [-0.2, 0) is 0 Å². The highest BCUT2D eigenvalue weighted by atomic mass is 19.1. The summed E-state index contributed by atoms with van der Waals surface area (Å²) in [6.45, 7) is 0. The monoisotopic (exact) mass is 395 g/mol. The van der Waals surface area contributed by atoms with E-state index in [0.29, 0.717) is 17.1 Å². The molecule has 150 valence electrons. The Kier molecular flexibility index (Phi) is 12.3. The topological polar surface area (TPSA) is 139 Å². The second-order valence-electron chi connectivity index (χ2n) is 5.00. The molecule has 3 rings (SSSR count). The minimum Gasteiger partial charge on any atom is -0.402 e. The number of anilines is 3. The highest BCUT2D eigenvalue weighted by Crippen LogP contribution is 2.03. The van der Waals surface area contributed by atoms with Crippen molar-refractivity contribution in [1.29, 1.82) is 0 Å². The van der Waals surface area contributed by atoms with Crippen molar-refractivity contribution in [3.05, 3.63) is 90.2 Å². The summed E-state index contributed by atoms with van der Waals surface area (Å²) in [5.74, 6) is -0.752. The molecule has 0 unspecified atom stereocenters. The molecular formula is C18H21BF3N3O3. The second kappa shape index (κ2) is 13.9. The predicted octanol–water partition coefficient (Wildman–Crippen LogP) is 2.17. The molecule has 9 N–H and O–H groups in total. The van der Waals surface area contributed by atoms with Gasteiger partial charge in [0.2, 0.25) is 0 Å². The minimum absolute atomic E-state index is 0.251. The third kappa shape index (κ3) is 15.1. The van der Waals surface area contributed by atoms with E-state index in [1.807, 2.05) is 0 Å². The standard InChI is InChI=1S/3C6H6FN.BH3O3/c3*7-5-1-3-6(8)4-2-5;2-1(3)4/h3*1-4H,8H2;2-4H. The van der Waals surface area contributed by atoms with Crippen LogP contribution in [0, 0.1) is 17.5 Å². The molecule has 0 fully saturated rings. The number of rotatable bonds is 0. The van der Waals surface area contributed by atoms with E-state index in [2.05, 4.69) is 0 Å². The van der Waals surface area contributed by atoms with E-state index < -0.39 is 7.32 Å². The summed E-state index contributed by atoms with van der Waals surface area (Å²) in [6.07, 6.45) is 0. The maximum Gasteiger partial charge on any atom is 0.631 e. The molecule has 0 aliphatic rings. The van der Waals surface area contributed by atoms with Gasteiger partial charge in [-0.15, -0.1) is 0 Å². The Morgan fingerprint density at radius 1 is 0.464 bits per heavy atom. The Bertz CT molecular complexity index is 606. The third-order valence-corrected chi connectivity index (χ3v) is 2.61. The predicted molar refractivity (Wildman–Crippen MR) is 105 cm³/mol. The van der Waals surface area contributed by atoms with Gasteiger partial charge in [-0.3, -0.25) is 0 Å². The number of nitrogens with two attached hydrogens (primary N) is 3. The Morgan fingerprint density at radius 3 is 0.714 bits per heavy atom. The Hall–Kier alpha value is -3.21. The lowest BCUT2D eigenvalue weighted by atomic mass is 10.3. The molecule has 0 amide bonds. The van der Waals surface area contributed by atoms with Gasteiger partial charge in [0, 0.05) is 17.1 Å². The van der Waals surface area contributed by atoms with Gasteiger partial charge in [0.1, 0.15) is 17.5 Å². The quantitative estimate of drug-likeness (QED) is 0.255. The Balaban J connectivity index is 0.000000358. The molecule has 6 nitrogen and oxygen atoms in total. The number of halogens is 3. The first-order valence-electron chi connectivity index (χ1n) is 7.67. The van der Waals surface area contributed by atoms with Crippen LogP contribution >= 0.6 is 0 Å². The molecule has 0 bridgehead atoms. The smallest absolute Gasteiger partial charge is 0.402 e. The largest absolute Gasteiger partial charge is 0.631 e. The zero-order valence-corrected chi connectivity index (χ0v) is 14.7. The molecule has 0 atom stereocenters. The molecule has 0 saturated carbocycles. The van der Waals surface area contributed by atoms with Crippen molar-refractivity contribution in [2.45, 2.75) is 0 Å². The van der Waals surface area contributed by atoms with Crippen molar-refractivity contribution in [2.24, 2.45) is 0 Å². The number of hydrogen-bond donors (Lipinski definition) is 6. The third-order valence-electron chi connectivity index (χ3n) is 2.61. The molecule has 0 radical (unpaired) electrons. The maximum absolute atomic E-state index is 12.0. The van der Waals surface area contributed by atoms with Crippen molar-refractivity contribution >= 4 is 24.4 Å². The van der Waals surface area contributed by atoms with Crippen molar-refractivity contribution in [2.75, 3.05) is 17.2 Å². The lowest BCUT2D eigenvalue weighted by molar-refractivity contribution is 0.278. The summed E-state index contributed by atoms with van der Waals surface area (Å²) in [6, 6.07) is 17.1. The van der Waals surface area contributed by atoms with Gasteiger partial charge in [0.15, 0.2) is 0 Å². The first-order chi connectivity index (χ1) is 13.1. The van der Waals surface area contributed by atoms with Crippen LogP contribution in [0.5, 0.6) is 0 Å². The summed E-state index contributed by atoms with van der Waals surface area (Å²) in [7, 11) is -2.17. The molecule has 0 aliphatic heterocycles. The van der Waals surface area contributed by atoms with Crippen molar-refractivity contribution in [3.8, 4) is 0 Å². The summed E-state index contributed by atoms with van der Waals surface area (Å²) in [5, 5.41) is 21.5. The van der Waals surface area contributed by atoms with Gasteiger partial charge in [-0.25, -0.2) is 13.2 Å². The normalized spacial score (nSPS) is 8.79. The fourth-order valence-electron chi connectivity index (χ4n) is 1.39. The average Bonchev–Trinajstić information content (AvgIpc) is 2.63. The van der Waals surface area contributed by atoms with E-state index in [1.54, 1.807) is 0 Å². The molecule has 28 heavy (non-hydrogen) atoms. The summed E-state index contributed by atoms with van der Waals surface area (Å²) >= 11 is 0. The molecule has 0 saturated heterocycles. The van der Waals surface area contributed by atoms with Crippen molar-refractivity contribution in [1.82, 2.24) is 0 Å². The summed E-state index contributed by atoms with van der Waals surface area (Å²) in [4.78, 5) is 0. The molecule has 0 aliphatic carbocycles. The lowest BCUT2D eigenvalue weighted by Crippen LogP contribution is -2.07. The van der Waals surface area contributed by atoms with Gasteiger partial charge in [-0.1, -0.05) is 0 Å². The van der Waals surface area contributed by atoms with E-state index in [-0.39, 0.29) is 17.5 Å². The van der Waals surface area contributed by atoms with E-state index in [4.69, 9.17) is 32.3 Å². The Labute approximate surface area is 160 Å². The van der Waals surface area contributed by atoms with Gasteiger partial charge < -0.3 is 32.3 Å². The maximum atomic E-state index is 12.0. The van der Waals surface area contributed by atoms with Crippen molar-refractivity contribution in [3.63, 3.8) is 0 Å². The highest BCUT2D eigenvalue weighted by molar-refractivity contribution is 6.30. The van der Waals surface area contributed by atoms with Crippen LogP contribution in [0.2, 0.25) is 0 Å². The van der Waals surface area contributed by atoms with Crippen LogP contribution in [0.4, 0.5) is 30.2 Å². The molecular weight excluding hydrogens is 374 g/mol. The molecule has 3 aromatic carbocycles. The van der Waals surface area contributed by atoms with Crippen LogP contribution in [-0.4, -0.2) is 22.4 Å². The van der Waals surface area contributed by atoms with Crippen molar-refractivity contribution < 1.29 is 28.2 Å². The van der Waals surface area contributed by atoms with Crippen LogP contribution in [0.1, 0.15) is 0 Å². The van der Waals surface area contributed by atoms with Crippen LogP contribution < -0.4 is 17.2 Å². The zero-order valence-electron chi connectivity index (χ0n) is 14.7. The van der Waals surface area contributed by atoms with Gasteiger partial charge in [-0.05, 0) is 72.8 Å². The molecule has 0 spiro atoms. The first-order valence-corrected chi connectivity index (χ1v) is 7.67. The van der Waals surface area contributed by atoms with Gasteiger partial charge in [-0.2, -0.15) is 0 Å². The second-order valence-corrected chi connectivity index (χ2v) is 5.00. The first kappa shape index (κ1) is 24.8. The fraction of sp³-hybridized carbons (Fsp3) is 0. The minimum atomic E-state index is -2.17.